The van der Waals surface area contributed by atoms with E-state index in [0.29, 0.717) is 18.4 Å². The topological polar surface area (TPSA) is 110 Å². The minimum absolute atomic E-state index is 0.00374. The zero-order valence-corrected chi connectivity index (χ0v) is 16.7. The number of hydrogen-bond acceptors (Lipinski definition) is 6. The normalized spacial score (nSPS) is 22.3. The Kier molecular flexibility index (Phi) is 7.83. The van der Waals surface area contributed by atoms with E-state index in [1.807, 2.05) is 13.8 Å². The first-order chi connectivity index (χ1) is 13.3. The van der Waals surface area contributed by atoms with E-state index in [9.17, 15) is 25.5 Å². The molecule has 0 amide bonds. The molecule has 0 spiro atoms. The average molecular weight is 411 g/mol. The number of phenols is 1. The van der Waals surface area contributed by atoms with Gasteiger partial charge in [0.2, 0.25) is 5.79 Å². The van der Waals surface area contributed by atoms with Gasteiger partial charge >= 0.3 is 0 Å². The van der Waals surface area contributed by atoms with Gasteiger partial charge in [-0.1, -0.05) is 31.5 Å². The number of hydrogen-bond donors (Lipinski definition) is 5. The van der Waals surface area contributed by atoms with Crippen LogP contribution in [0.4, 0.5) is 0 Å². The van der Waals surface area contributed by atoms with Crippen LogP contribution < -0.4 is 0 Å². The van der Waals surface area contributed by atoms with Gasteiger partial charge in [-0.3, -0.25) is 0 Å². The fourth-order valence-corrected chi connectivity index (χ4v) is 3.43. The molecule has 3 atom stereocenters. The van der Waals surface area contributed by atoms with Gasteiger partial charge in [-0.15, -0.1) is 0 Å². The molecule has 7 heteroatoms. The first-order valence-electron chi connectivity index (χ1n) is 9.29. The van der Waals surface area contributed by atoms with E-state index in [4.69, 9.17) is 16.3 Å². The highest BCUT2D eigenvalue weighted by molar-refractivity contribution is 6.31. The summed E-state index contributed by atoms with van der Waals surface area (Å²) in [4.78, 5) is 0. The van der Waals surface area contributed by atoms with Crippen LogP contribution in [-0.2, 0) is 10.5 Å². The van der Waals surface area contributed by atoms with Crippen LogP contribution in [0, 0.1) is 0 Å². The molecule has 1 saturated heterocycles. The molecule has 1 aliphatic heterocycles. The van der Waals surface area contributed by atoms with Crippen molar-refractivity contribution in [3.63, 3.8) is 0 Å². The molecule has 28 heavy (non-hydrogen) atoms. The second-order valence-corrected chi connectivity index (χ2v) is 6.92. The highest BCUT2D eigenvalue weighted by Crippen LogP contribution is 2.37. The molecule has 0 bridgehead atoms. The molecule has 0 aromatic heterocycles. The number of aliphatic hydroxyl groups excluding tert-OH is 2. The zero-order chi connectivity index (χ0) is 20.9. The molecular formula is C21H27ClO6. The van der Waals surface area contributed by atoms with Crippen LogP contribution in [0.5, 0.6) is 5.75 Å². The highest BCUT2D eigenvalue weighted by atomic mass is 35.5. The Morgan fingerprint density at radius 3 is 2.32 bits per heavy atom. The fraction of sp³-hybridized carbons (Fsp3) is 0.429. The number of benzene rings is 2. The third-order valence-corrected chi connectivity index (χ3v) is 4.92. The lowest BCUT2D eigenvalue weighted by Crippen LogP contribution is -2.34. The standard InChI is InChI=1S/C19H21ClO6.C2H6/c20-17-6-1-11(18-9-14(23)8-15(10-21)26-18)7-16(17)19(24,25)12-2-4-13(22)5-3-12;1-2/h1-7,14-15,18,21-25H,8-10H2;1-2H3. The molecule has 1 fully saturated rings. The Balaban J connectivity index is 0.00000136. The van der Waals surface area contributed by atoms with Crippen molar-refractivity contribution in [1.29, 1.82) is 0 Å². The van der Waals surface area contributed by atoms with Gasteiger partial charge in [0.1, 0.15) is 5.75 Å². The maximum atomic E-state index is 10.7. The summed E-state index contributed by atoms with van der Waals surface area (Å²) in [5.41, 5.74) is 0.826. The monoisotopic (exact) mass is 410 g/mol. The molecule has 0 saturated carbocycles. The fourth-order valence-electron chi connectivity index (χ4n) is 3.18. The van der Waals surface area contributed by atoms with Crippen LogP contribution in [-0.4, -0.2) is 44.3 Å². The lowest BCUT2D eigenvalue weighted by atomic mass is 9.91. The Morgan fingerprint density at radius 2 is 1.71 bits per heavy atom. The third kappa shape index (κ3) is 5.03. The van der Waals surface area contributed by atoms with E-state index in [2.05, 4.69) is 0 Å². The first kappa shape index (κ1) is 22.6. The minimum atomic E-state index is -2.37. The molecule has 3 rings (SSSR count). The van der Waals surface area contributed by atoms with E-state index in [0.717, 1.165) is 0 Å². The predicted molar refractivity (Wildman–Crippen MR) is 106 cm³/mol. The molecule has 1 heterocycles. The van der Waals surface area contributed by atoms with Gasteiger partial charge in [0, 0.05) is 29.0 Å². The average Bonchev–Trinajstić information content (AvgIpc) is 2.69. The van der Waals surface area contributed by atoms with Gasteiger partial charge < -0.3 is 30.3 Å². The maximum Gasteiger partial charge on any atom is 0.218 e. The smallest absolute Gasteiger partial charge is 0.218 e. The lowest BCUT2D eigenvalue weighted by Gasteiger charge is -2.33. The largest absolute Gasteiger partial charge is 0.508 e. The molecule has 154 valence electrons. The maximum absolute atomic E-state index is 10.7. The number of ether oxygens (including phenoxy) is 1. The number of rotatable bonds is 4. The van der Waals surface area contributed by atoms with Gasteiger partial charge in [0.15, 0.2) is 0 Å². The van der Waals surface area contributed by atoms with Crippen molar-refractivity contribution in [3.8, 4) is 5.75 Å². The summed E-state index contributed by atoms with van der Waals surface area (Å²) < 4.78 is 5.77. The van der Waals surface area contributed by atoms with Crippen LogP contribution in [0.2, 0.25) is 5.02 Å². The van der Waals surface area contributed by atoms with Crippen molar-refractivity contribution in [3.05, 3.63) is 64.2 Å². The van der Waals surface area contributed by atoms with Crippen LogP contribution in [0.1, 0.15) is 49.5 Å². The summed E-state index contributed by atoms with van der Waals surface area (Å²) in [5.74, 6) is -2.37. The molecule has 3 unspecified atom stereocenters. The molecule has 0 radical (unpaired) electrons. The summed E-state index contributed by atoms with van der Waals surface area (Å²) in [5, 5.41) is 50.2. The van der Waals surface area contributed by atoms with E-state index in [1.54, 1.807) is 6.07 Å². The van der Waals surface area contributed by atoms with E-state index in [-0.39, 0.29) is 28.5 Å². The van der Waals surface area contributed by atoms with Crippen LogP contribution in [0.25, 0.3) is 0 Å². The van der Waals surface area contributed by atoms with E-state index >= 15 is 0 Å². The van der Waals surface area contributed by atoms with Gasteiger partial charge in [-0.2, -0.15) is 0 Å². The van der Waals surface area contributed by atoms with E-state index in [1.165, 1.54) is 36.4 Å². The van der Waals surface area contributed by atoms with Crippen LogP contribution in [0.15, 0.2) is 42.5 Å². The number of aromatic hydroxyl groups is 1. The number of halogens is 1. The van der Waals surface area contributed by atoms with Gasteiger partial charge in [-0.25, -0.2) is 0 Å². The number of aliphatic hydroxyl groups is 4. The van der Waals surface area contributed by atoms with Crippen molar-refractivity contribution >= 4 is 11.6 Å². The highest BCUT2D eigenvalue weighted by Gasteiger charge is 2.34. The van der Waals surface area contributed by atoms with Crippen molar-refractivity contribution in [2.75, 3.05) is 6.61 Å². The van der Waals surface area contributed by atoms with E-state index < -0.39 is 24.1 Å². The van der Waals surface area contributed by atoms with Gasteiger partial charge in [0.25, 0.3) is 0 Å². The molecule has 6 nitrogen and oxygen atoms in total. The van der Waals surface area contributed by atoms with Crippen LogP contribution in [0.3, 0.4) is 0 Å². The molecule has 2 aromatic carbocycles. The molecular weight excluding hydrogens is 384 g/mol. The molecule has 2 aromatic rings. The second kappa shape index (κ2) is 9.69. The lowest BCUT2D eigenvalue weighted by molar-refractivity contribution is -0.132. The van der Waals surface area contributed by atoms with Crippen molar-refractivity contribution in [2.45, 2.75) is 50.8 Å². The summed E-state index contributed by atoms with van der Waals surface area (Å²) in [6.07, 6.45) is -0.906. The quantitative estimate of drug-likeness (QED) is 0.496. The Labute approximate surface area is 169 Å². The summed E-state index contributed by atoms with van der Waals surface area (Å²) >= 11 is 6.19. The summed E-state index contributed by atoms with van der Waals surface area (Å²) in [6, 6.07) is 10.2. The van der Waals surface area contributed by atoms with Crippen molar-refractivity contribution in [2.24, 2.45) is 0 Å². The summed E-state index contributed by atoms with van der Waals surface area (Å²) in [7, 11) is 0. The van der Waals surface area contributed by atoms with Gasteiger partial charge in [0.05, 0.1) is 24.9 Å². The van der Waals surface area contributed by atoms with Gasteiger partial charge in [-0.05, 0) is 42.0 Å². The second-order valence-electron chi connectivity index (χ2n) is 6.51. The molecule has 0 aliphatic carbocycles. The Bertz CT molecular complexity index is 762. The molecule has 1 aliphatic rings. The first-order valence-corrected chi connectivity index (χ1v) is 9.67. The Hall–Kier alpha value is -1.67. The SMILES string of the molecule is CC.OCC1CC(O)CC(c2ccc(Cl)c(C(O)(O)c3ccc(O)cc3)c2)O1. The predicted octanol–water partition coefficient (Wildman–Crippen LogP) is 2.83. The van der Waals surface area contributed by atoms with Crippen molar-refractivity contribution in [1.82, 2.24) is 0 Å². The van der Waals surface area contributed by atoms with Crippen molar-refractivity contribution < 1.29 is 30.3 Å². The minimum Gasteiger partial charge on any atom is -0.508 e. The zero-order valence-electron chi connectivity index (χ0n) is 15.9. The Morgan fingerprint density at radius 1 is 1.07 bits per heavy atom. The molecule has 5 N–H and O–H groups in total. The third-order valence-electron chi connectivity index (χ3n) is 4.59. The number of phenolic OH excluding ortho intramolecular Hbond substituents is 1. The van der Waals surface area contributed by atoms with Crippen LogP contribution >= 0.6 is 11.6 Å². The summed E-state index contributed by atoms with van der Waals surface area (Å²) in [6.45, 7) is 3.80.